The fraction of sp³-hybridized carbons (Fsp3) is 0.923. The van der Waals surface area contributed by atoms with Crippen molar-refractivity contribution in [2.45, 2.75) is 44.1 Å². The summed E-state index contributed by atoms with van der Waals surface area (Å²) in [5.74, 6) is 2.69. The molecule has 2 amide bonds. The van der Waals surface area contributed by atoms with Crippen LogP contribution in [0.15, 0.2) is 0 Å². The number of hydrogen-bond acceptors (Lipinski definition) is 1. The number of nitrogens with zero attached hydrogens (tertiary/aromatic N) is 1. The van der Waals surface area contributed by atoms with Crippen LogP contribution in [0, 0.1) is 17.8 Å². The minimum absolute atomic E-state index is 0.0990. The summed E-state index contributed by atoms with van der Waals surface area (Å²) in [5.41, 5.74) is 0.163. The van der Waals surface area contributed by atoms with Gasteiger partial charge < -0.3 is 10.2 Å². The molecule has 0 aromatic carbocycles. The molecule has 1 N–H and O–H groups in total. The molecule has 4 rings (SSSR count). The van der Waals surface area contributed by atoms with Crippen molar-refractivity contribution < 1.29 is 4.79 Å². The Morgan fingerprint density at radius 1 is 1.06 bits per heavy atom. The molecule has 4 saturated carbocycles. The molecule has 16 heavy (non-hydrogen) atoms. The highest BCUT2D eigenvalue weighted by molar-refractivity contribution is 5.74. The number of rotatable bonds is 1. The Labute approximate surface area is 97.6 Å². The van der Waals surface area contributed by atoms with Gasteiger partial charge in [0.2, 0.25) is 0 Å². The number of amides is 2. The van der Waals surface area contributed by atoms with Gasteiger partial charge in [0.1, 0.15) is 0 Å². The monoisotopic (exact) mass is 222 g/mol. The summed E-state index contributed by atoms with van der Waals surface area (Å²) in [6, 6.07) is 0.0990. The maximum absolute atomic E-state index is 11.8. The highest BCUT2D eigenvalue weighted by atomic mass is 16.2. The van der Waals surface area contributed by atoms with Crippen LogP contribution in [0.2, 0.25) is 0 Å². The second-order valence-corrected chi connectivity index (χ2v) is 6.52. The molecule has 4 fully saturated rings. The highest BCUT2D eigenvalue weighted by Gasteiger charge is 2.51. The molecule has 0 aliphatic heterocycles. The molecule has 0 saturated heterocycles. The summed E-state index contributed by atoms with van der Waals surface area (Å²) < 4.78 is 0. The molecule has 0 radical (unpaired) electrons. The Hall–Kier alpha value is -0.730. The minimum Gasteiger partial charge on any atom is -0.333 e. The topological polar surface area (TPSA) is 32.3 Å². The van der Waals surface area contributed by atoms with Crippen LogP contribution in [0.3, 0.4) is 0 Å². The number of carbonyl (C=O) groups excluding carboxylic acids is 1. The molecule has 4 aliphatic rings. The second kappa shape index (κ2) is 3.38. The van der Waals surface area contributed by atoms with Crippen LogP contribution in [0.5, 0.6) is 0 Å². The first-order chi connectivity index (χ1) is 7.56. The summed E-state index contributed by atoms with van der Waals surface area (Å²) >= 11 is 0. The molecule has 3 nitrogen and oxygen atoms in total. The Morgan fingerprint density at radius 2 is 1.50 bits per heavy atom. The van der Waals surface area contributed by atoms with E-state index in [0.717, 1.165) is 17.8 Å². The van der Waals surface area contributed by atoms with Gasteiger partial charge >= 0.3 is 6.03 Å². The number of nitrogens with one attached hydrogen (secondary N) is 1. The zero-order valence-electron chi connectivity index (χ0n) is 10.3. The van der Waals surface area contributed by atoms with E-state index in [2.05, 4.69) is 5.32 Å². The lowest BCUT2D eigenvalue weighted by molar-refractivity contribution is -0.0149. The van der Waals surface area contributed by atoms with E-state index in [0.29, 0.717) is 0 Å². The van der Waals surface area contributed by atoms with E-state index in [1.165, 1.54) is 38.5 Å². The second-order valence-electron chi connectivity index (χ2n) is 6.52. The van der Waals surface area contributed by atoms with Gasteiger partial charge in [-0.25, -0.2) is 4.79 Å². The van der Waals surface area contributed by atoms with Crippen molar-refractivity contribution >= 4 is 6.03 Å². The number of hydrogen-bond donors (Lipinski definition) is 1. The zero-order valence-corrected chi connectivity index (χ0v) is 10.3. The van der Waals surface area contributed by atoms with E-state index in [1.807, 2.05) is 14.1 Å². The Kier molecular flexibility index (Phi) is 2.20. The minimum atomic E-state index is 0.0990. The van der Waals surface area contributed by atoms with Crippen LogP contribution in [0.1, 0.15) is 38.5 Å². The molecule has 3 heteroatoms. The quantitative estimate of drug-likeness (QED) is 0.725. The lowest BCUT2D eigenvalue weighted by Crippen LogP contribution is -2.61. The van der Waals surface area contributed by atoms with Gasteiger partial charge in [0, 0.05) is 19.6 Å². The van der Waals surface area contributed by atoms with E-state index in [4.69, 9.17) is 0 Å². The first-order valence-corrected chi connectivity index (χ1v) is 6.56. The molecule has 4 aliphatic carbocycles. The fourth-order valence-electron chi connectivity index (χ4n) is 4.60. The normalized spacial score (nSPS) is 44.5. The molecule has 90 valence electrons. The van der Waals surface area contributed by atoms with Gasteiger partial charge in [-0.3, -0.25) is 0 Å². The van der Waals surface area contributed by atoms with Crippen LogP contribution in [0.25, 0.3) is 0 Å². The Bertz CT molecular complexity index is 276. The standard InChI is InChI=1S/C13H22N2O/c1-15(2)12(16)14-13-6-9-3-10(7-13)5-11(4-9)8-13/h9-11H,3-8H2,1-2H3,(H,14,16). The fourth-order valence-corrected chi connectivity index (χ4v) is 4.60. The average Bonchev–Trinajstić information content (AvgIpc) is 2.13. The first kappa shape index (κ1) is 10.4. The third kappa shape index (κ3) is 1.61. The van der Waals surface area contributed by atoms with Crippen LogP contribution in [-0.4, -0.2) is 30.6 Å². The first-order valence-electron chi connectivity index (χ1n) is 6.56. The predicted molar refractivity (Wildman–Crippen MR) is 63.1 cm³/mol. The zero-order chi connectivity index (χ0) is 11.3. The molecule has 0 aromatic heterocycles. The van der Waals surface area contributed by atoms with E-state index in [-0.39, 0.29) is 11.6 Å². The summed E-state index contributed by atoms with van der Waals surface area (Å²) in [6.45, 7) is 0. The molecular formula is C13H22N2O. The van der Waals surface area contributed by atoms with E-state index in [1.54, 1.807) is 4.90 Å². The maximum atomic E-state index is 11.8. The van der Waals surface area contributed by atoms with Gasteiger partial charge in [-0.15, -0.1) is 0 Å². The van der Waals surface area contributed by atoms with Gasteiger partial charge in [-0.05, 0) is 56.3 Å². The Morgan fingerprint density at radius 3 is 1.88 bits per heavy atom. The molecule has 0 heterocycles. The van der Waals surface area contributed by atoms with Crippen LogP contribution in [0.4, 0.5) is 4.79 Å². The Balaban J connectivity index is 1.76. The molecule has 0 spiro atoms. The largest absolute Gasteiger partial charge is 0.333 e. The van der Waals surface area contributed by atoms with Crippen molar-refractivity contribution in [3.8, 4) is 0 Å². The van der Waals surface area contributed by atoms with Gasteiger partial charge in [-0.1, -0.05) is 0 Å². The van der Waals surface area contributed by atoms with Crippen molar-refractivity contribution in [3.05, 3.63) is 0 Å². The molecule has 4 bridgehead atoms. The van der Waals surface area contributed by atoms with Crippen molar-refractivity contribution in [1.82, 2.24) is 10.2 Å². The predicted octanol–water partition coefficient (Wildman–Crippen LogP) is 2.23. The van der Waals surface area contributed by atoms with E-state index >= 15 is 0 Å². The van der Waals surface area contributed by atoms with Gasteiger partial charge in [0.25, 0.3) is 0 Å². The van der Waals surface area contributed by atoms with Crippen molar-refractivity contribution in [2.75, 3.05) is 14.1 Å². The van der Waals surface area contributed by atoms with Gasteiger partial charge in [-0.2, -0.15) is 0 Å². The van der Waals surface area contributed by atoms with Crippen LogP contribution in [-0.2, 0) is 0 Å². The smallest absolute Gasteiger partial charge is 0.317 e. The summed E-state index contributed by atoms with van der Waals surface area (Å²) in [6.07, 6.45) is 7.99. The van der Waals surface area contributed by atoms with E-state index < -0.39 is 0 Å². The van der Waals surface area contributed by atoms with Crippen molar-refractivity contribution in [3.63, 3.8) is 0 Å². The summed E-state index contributed by atoms with van der Waals surface area (Å²) in [4.78, 5) is 13.5. The van der Waals surface area contributed by atoms with Crippen molar-refractivity contribution in [2.24, 2.45) is 17.8 Å². The van der Waals surface area contributed by atoms with Gasteiger partial charge in [0.15, 0.2) is 0 Å². The lowest BCUT2D eigenvalue weighted by atomic mass is 9.53. The van der Waals surface area contributed by atoms with Crippen LogP contribution >= 0.6 is 0 Å². The average molecular weight is 222 g/mol. The number of carbonyl (C=O) groups is 1. The van der Waals surface area contributed by atoms with Crippen LogP contribution < -0.4 is 5.32 Å². The SMILES string of the molecule is CN(C)C(=O)NC12CC3CC(CC(C3)C1)C2. The molecule has 0 atom stereocenters. The molecule has 0 unspecified atom stereocenters. The summed E-state index contributed by atoms with van der Waals surface area (Å²) in [5, 5.41) is 3.31. The van der Waals surface area contributed by atoms with Gasteiger partial charge in [0.05, 0.1) is 0 Å². The van der Waals surface area contributed by atoms with Crippen molar-refractivity contribution in [1.29, 1.82) is 0 Å². The molecular weight excluding hydrogens is 200 g/mol. The third-order valence-corrected chi connectivity index (χ3v) is 4.82. The maximum Gasteiger partial charge on any atom is 0.317 e. The summed E-state index contributed by atoms with van der Waals surface area (Å²) in [7, 11) is 3.66. The third-order valence-electron chi connectivity index (χ3n) is 4.82. The van der Waals surface area contributed by atoms with E-state index in [9.17, 15) is 4.79 Å². The number of urea groups is 1. The highest BCUT2D eigenvalue weighted by Crippen LogP contribution is 2.55. The lowest BCUT2D eigenvalue weighted by Gasteiger charge is -2.57. The molecule has 0 aromatic rings.